The zero-order valence-electron chi connectivity index (χ0n) is 25.5. The van der Waals surface area contributed by atoms with Gasteiger partial charge in [0.05, 0.1) is 11.0 Å². The first-order valence-corrected chi connectivity index (χ1v) is 15.5. The highest BCUT2D eigenvalue weighted by atomic mass is 15.2. The van der Waals surface area contributed by atoms with Gasteiger partial charge >= 0.3 is 0 Å². The molecule has 230 valence electrons. The van der Waals surface area contributed by atoms with Crippen molar-refractivity contribution in [1.29, 1.82) is 0 Å². The van der Waals surface area contributed by atoms with Gasteiger partial charge in [0.1, 0.15) is 18.0 Å². The van der Waals surface area contributed by atoms with E-state index in [4.69, 9.17) is 4.98 Å². The lowest BCUT2D eigenvalue weighted by molar-refractivity contribution is 0.854. The maximum Gasteiger partial charge on any atom is 0.225 e. The zero-order chi connectivity index (χ0) is 31.1. The highest BCUT2D eigenvalue weighted by molar-refractivity contribution is 5.91. The molecule has 1 aliphatic carbocycles. The van der Waals surface area contributed by atoms with E-state index in [0.717, 1.165) is 70.2 Å². The van der Waals surface area contributed by atoms with Gasteiger partial charge < -0.3 is 16.0 Å². The van der Waals surface area contributed by atoms with Crippen LogP contribution in [0.5, 0.6) is 0 Å². The van der Waals surface area contributed by atoms with Crippen LogP contribution in [0.1, 0.15) is 42.1 Å². The van der Waals surface area contributed by atoms with E-state index in [-0.39, 0.29) is 0 Å². The Labute approximate surface area is 266 Å². The second-order valence-corrected chi connectivity index (χ2v) is 11.3. The number of fused-ring (bicyclic) bond motifs is 2. The number of benzene rings is 3. The van der Waals surface area contributed by atoms with E-state index in [1.807, 2.05) is 67.6 Å². The summed E-state index contributed by atoms with van der Waals surface area (Å²) in [5.74, 6) is 4.37. The Morgan fingerprint density at radius 1 is 0.717 bits per heavy atom. The van der Waals surface area contributed by atoms with Crippen molar-refractivity contribution in [3.8, 4) is 0 Å². The van der Waals surface area contributed by atoms with Crippen molar-refractivity contribution < 1.29 is 0 Å². The average molecular weight is 610 g/mol. The summed E-state index contributed by atoms with van der Waals surface area (Å²) in [5.41, 5.74) is 5.38. The van der Waals surface area contributed by atoms with Crippen LogP contribution in [-0.2, 0) is 6.42 Å². The molecule has 0 atom stereocenters. The van der Waals surface area contributed by atoms with Gasteiger partial charge in [-0.1, -0.05) is 54.6 Å². The second kappa shape index (κ2) is 13.4. The van der Waals surface area contributed by atoms with Crippen LogP contribution in [0.4, 0.5) is 29.2 Å². The molecule has 0 aliphatic heterocycles. The van der Waals surface area contributed by atoms with Crippen molar-refractivity contribution in [3.63, 3.8) is 0 Å². The molecule has 46 heavy (non-hydrogen) atoms. The highest BCUT2D eigenvalue weighted by Gasteiger charge is 2.25. The molecule has 7 aromatic rings. The van der Waals surface area contributed by atoms with Gasteiger partial charge in [-0.05, 0) is 62.4 Å². The molecule has 5 N–H and O–H groups in total. The molecule has 4 heterocycles. The minimum absolute atomic E-state index is 0.636. The van der Waals surface area contributed by atoms with Crippen LogP contribution >= 0.6 is 0 Å². The van der Waals surface area contributed by atoms with E-state index in [2.05, 4.69) is 81.6 Å². The molecule has 1 saturated carbocycles. The summed E-state index contributed by atoms with van der Waals surface area (Å²) < 4.78 is 0. The van der Waals surface area contributed by atoms with E-state index in [0.29, 0.717) is 11.9 Å². The summed E-state index contributed by atoms with van der Waals surface area (Å²) >= 11 is 0. The molecular weight excluding hydrogens is 574 g/mol. The van der Waals surface area contributed by atoms with Gasteiger partial charge in [-0.3, -0.25) is 10.2 Å². The molecule has 11 nitrogen and oxygen atoms in total. The fraction of sp³-hybridized carbons (Fsp3) is 0.200. The Morgan fingerprint density at radius 3 is 2.20 bits per heavy atom. The number of hydrogen-bond acceptors (Lipinski definition) is 9. The standard InChI is InChI=1S/C23H24N6.C12H11N5/c1-2-7-16(8-3-1)9-6-14-24-23-25-19-11-5-4-10-18(19)22(27-23)26-21-15-20(28-29-21)17-12-13-17;1-8-6-11(17-16-8)15-12-9-4-2-3-5-10(9)13-7-14-12/h1-5,7-8,10-11,15,17H,6,9,12-14H2,(H3,24,25,26,27,28,29);2-7H,1H3,(H2,13,14,15,16,17). The fourth-order valence-corrected chi connectivity index (χ4v) is 5.22. The van der Waals surface area contributed by atoms with Crippen molar-refractivity contribution >= 4 is 51.0 Å². The number of aromatic nitrogens is 8. The minimum Gasteiger partial charge on any atom is -0.354 e. The molecule has 0 saturated heterocycles. The van der Waals surface area contributed by atoms with Crippen molar-refractivity contribution in [3.05, 3.63) is 114 Å². The Bertz CT molecular complexity index is 2040. The van der Waals surface area contributed by atoms with Crippen LogP contribution in [-0.4, -0.2) is 46.9 Å². The topological polar surface area (TPSA) is 145 Å². The Morgan fingerprint density at radius 2 is 1.41 bits per heavy atom. The number of nitrogens with zero attached hydrogens (tertiary/aromatic N) is 6. The number of anilines is 5. The van der Waals surface area contributed by atoms with Crippen LogP contribution < -0.4 is 16.0 Å². The predicted molar refractivity (Wildman–Crippen MR) is 183 cm³/mol. The van der Waals surface area contributed by atoms with Crippen LogP contribution in [0.3, 0.4) is 0 Å². The normalized spacial score (nSPS) is 12.5. The molecular formula is C35H35N11. The Kier molecular flexibility index (Phi) is 8.44. The van der Waals surface area contributed by atoms with E-state index in [1.54, 1.807) is 6.33 Å². The first-order chi connectivity index (χ1) is 22.7. The summed E-state index contributed by atoms with van der Waals surface area (Å²) in [6.45, 7) is 2.77. The molecule has 1 fully saturated rings. The van der Waals surface area contributed by atoms with Crippen LogP contribution in [0, 0.1) is 6.92 Å². The van der Waals surface area contributed by atoms with Gasteiger partial charge in [-0.15, -0.1) is 0 Å². The van der Waals surface area contributed by atoms with E-state index >= 15 is 0 Å². The van der Waals surface area contributed by atoms with Crippen molar-refractivity contribution in [2.45, 2.75) is 38.5 Å². The molecule has 3 aromatic carbocycles. The Balaban J connectivity index is 0.000000169. The van der Waals surface area contributed by atoms with Gasteiger partial charge in [0.15, 0.2) is 11.6 Å². The lowest BCUT2D eigenvalue weighted by atomic mass is 10.1. The second-order valence-electron chi connectivity index (χ2n) is 11.3. The number of nitrogens with one attached hydrogen (secondary N) is 5. The number of hydrogen-bond donors (Lipinski definition) is 5. The molecule has 0 spiro atoms. The smallest absolute Gasteiger partial charge is 0.225 e. The van der Waals surface area contributed by atoms with Gasteiger partial charge in [-0.2, -0.15) is 15.2 Å². The monoisotopic (exact) mass is 609 g/mol. The summed E-state index contributed by atoms with van der Waals surface area (Å²) in [4.78, 5) is 17.8. The number of H-pyrrole nitrogens is 2. The maximum atomic E-state index is 4.72. The number of aromatic amines is 2. The molecule has 1 aliphatic rings. The minimum atomic E-state index is 0.636. The molecule has 0 amide bonds. The molecule has 0 radical (unpaired) electrons. The van der Waals surface area contributed by atoms with E-state index in [9.17, 15) is 0 Å². The number of para-hydroxylation sites is 2. The van der Waals surface area contributed by atoms with Crippen LogP contribution in [0.25, 0.3) is 21.8 Å². The largest absolute Gasteiger partial charge is 0.354 e. The first kappa shape index (κ1) is 28.9. The summed E-state index contributed by atoms with van der Waals surface area (Å²) in [5, 5.41) is 26.4. The lowest BCUT2D eigenvalue weighted by Gasteiger charge is -2.10. The lowest BCUT2D eigenvalue weighted by Crippen LogP contribution is -2.08. The summed E-state index contributed by atoms with van der Waals surface area (Å²) in [6, 6.07) is 30.4. The quantitative estimate of drug-likeness (QED) is 0.1000. The third-order valence-electron chi connectivity index (χ3n) is 7.73. The number of aryl methyl sites for hydroxylation is 2. The first-order valence-electron chi connectivity index (χ1n) is 15.5. The maximum absolute atomic E-state index is 4.72. The molecule has 0 bridgehead atoms. The highest BCUT2D eigenvalue weighted by Crippen LogP contribution is 2.39. The molecule has 11 heteroatoms. The van der Waals surface area contributed by atoms with E-state index < -0.39 is 0 Å². The molecule has 4 aromatic heterocycles. The van der Waals surface area contributed by atoms with Crippen molar-refractivity contribution in [1.82, 2.24) is 40.3 Å². The van der Waals surface area contributed by atoms with Crippen molar-refractivity contribution in [2.24, 2.45) is 0 Å². The predicted octanol–water partition coefficient (Wildman–Crippen LogP) is 7.42. The van der Waals surface area contributed by atoms with Gasteiger partial charge in [0.2, 0.25) is 5.95 Å². The Hall–Kier alpha value is -5.84. The average Bonchev–Trinajstić information content (AvgIpc) is 3.70. The van der Waals surface area contributed by atoms with Gasteiger partial charge in [0, 0.05) is 46.8 Å². The van der Waals surface area contributed by atoms with Crippen LogP contribution in [0.15, 0.2) is 97.3 Å². The zero-order valence-corrected chi connectivity index (χ0v) is 25.5. The summed E-state index contributed by atoms with van der Waals surface area (Å²) in [7, 11) is 0. The fourth-order valence-electron chi connectivity index (χ4n) is 5.22. The van der Waals surface area contributed by atoms with Crippen molar-refractivity contribution in [2.75, 3.05) is 22.5 Å². The SMILES string of the molecule is Cc1cc(Nc2ncnc3ccccc23)n[nH]1.c1ccc(CCCNc2nc(Nc3cc(C4CC4)[nH]n3)c3ccccc3n2)cc1. The van der Waals surface area contributed by atoms with Crippen LogP contribution in [0.2, 0.25) is 0 Å². The summed E-state index contributed by atoms with van der Waals surface area (Å²) in [6.07, 6.45) is 6.09. The third-order valence-corrected chi connectivity index (χ3v) is 7.73. The van der Waals surface area contributed by atoms with Gasteiger partial charge in [-0.25, -0.2) is 15.0 Å². The molecule has 0 unspecified atom stereocenters. The third kappa shape index (κ3) is 7.10. The van der Waals surface area contributed by atoms with Gasteiger partial charge in [0.25, 0.3) is 0 Å². The van der Waals surface area contributed by atoms with E-state index in [1.165, 1.54) is 24.1 Å². The molecule has 8 rings (SSSR count). The number of rotatable bonds is 10.